The third kappa shape index (κ3) is 62.8. The molecule has 0 aliphatic rings. The van der Waals surface area contributed by atoms with Crippen molar-refractivity contribution < 1.29 is 28.6 Å². The van der Waals surface area contributed by atoms with Gasteiger partial charge < -0.3 is 14.2 Å². The number of hydrogen-bond donors (Lipinski definition) is 0. The van der Waals surface area contributed by atoms with Crippen LogP contribution in [0.15, 0.2) is 109 Å². The van der Waals surface area contributed by atoms with E-state index in [1.807, 2.05) is 0 Å². The highest BCUT2D eigenvalue weighted by molar-refractivity contribution is 5.71. The van der Waals surface area contributed by atoms with Gasteiger partial charge in [-0.15, -0.1) is 0 Å². The average molecular weight is 1070 g/mol. The summed E-state index contributed by atoms with van der Waals surface area (Å²) in [7, 11) is 0. The van der Waals surface area contributed by atoms with Gasteiger partial charge in [0.25, 0.3) is 0 Å². The Balaban J connectivity index is 4.39. The molecule has 77 heavy (non-hydrogen) atoms. The first-order valence-corrected chi connectivity index (χ1v) is 32.4. The van der Waals surface area contributed by atoms with E-state index in [0.717, 1.165) is 103 Å². The molecule has 0 aromatic rings. The van der Waals surface area contributed by atoms with Gasteiger partial charge in [-0.3, -0.25) is 14.4 Å². The Labute approximate surface area is 476 Å². The fourth-order valence-corrected chi connectivity index (χ4v) is 8.96. The van der Waals surface area contributed by atoms with Crippen LogP contribution in [0.2, 0.25) is 0 Å². The maximum Gasteiger partial charge on any atom is 0.306 e. The van der Waals surface area contributed by atoms with Crippen molar-refractivity contribution in [3.63, 3.8) is 0 Å². The normalized spacial score (nSPS) is 12.8. The third-order valence-electron chi connectivity index (χ3n) is 13.7. The highest BCUT2D eigenvalue weighted by atomic mass is 16.6. The summed E-state index contributed by atoms with van der Waals surface area (Å²) in [5, 5.41) is 0. The van der Waals surface area contributed by atoms with E-state index in [-0.39, 0.29) is 37.5 Å². The molecule has 0 bridgehead atoms. The SMILES string of the molecule is CC/C=C\C/C=C\C/C=C\C/C=C\C/C=C\CCCC(=O)OC(COC(=O)CCCCCCCCC/C=C\C/C=C\C/C=C\CC)COC(=O)CCCCCCCCCCCCCCC/C=C\CCCCCCCCCC. The minimum atomic E-state index is -0.815. The van der Waals surface area contributed by atoms with Crippen molar-refractivity contribution in [1.82, 2.24) is 0 Å². The summed E-state index contributed by atoms with van der Waals surface area (Å²) in [5.41, 5.74) is 0. The van der Waals surface area contributed by atoms with Crippen molar-refractivity contribution in [3.8, 4) is 0 Å². The molecule has 6 heteroatoms. The standard InChI is InChI=1S/C71H120O6/c1-4-7-10-13-16-19-22-25-28-31-32-33-34-35-36-37-38-41-43-46-49-52-55-58-61-64-70(73)76-67-68(77-71(74)65-62-59-56-53-50-47-44-40-30-27-24-21-18-15-12-9-6-3)66-75-69(72)63-60-57-54-51-48-45-42-39-29-26-23-20-17-14-11-8-5-2/h8-9,11-12,17-18,20-21,26-27,29-32,44,47,53,56,68H,4-7,10,13-16,19,22-25,28,33-43,45-46,48-52,54-55,57-67H2,1-3H3/b11-8-,12-9-,20-17-,21-18-,29-26-,30-27-,32-31-,47-44-,56-53-. The van der Waals surface area contributed by atoms with Crippen LogP contribution in [-0.2, 0) is 28.6 Å². The minimum absolute atomic E-state index is 0.104. The zero-order valence-electron chi connectivity index (χ0n) is 50.4. The molecule has 1 unspecified atom stereocenters. The first kappa shape index (κ1) is 73.1. The number of allylic oxidation sites excluding steroid dienone is 18. The molecule has 0 amide bonds. The fraction of sp³-hybridized carbons (Fsp3) is 0.704. The lowest BCUT2D eigenvalue weighted by Gasteiger charge is -2.18. The van der Waals surface area contributed by atoms with Crippen LogP contribution in [0.3, 0.4) is 0 Å². The predicted octanol–water partition coefficient (Wildman–Crippen LogP) is 22.2. The molecule has 0 heterocycles. The summed E-state index contributed by atoms with van der Waals surface area (Å²) in [6, 6.07) is 0. The summed E-state index contributed by atoms with van der Waals surface area (Å²) >= 11 is 0. The molecule has 0 radical (unpaired) electrons. The lowest BCUT2D eigenvalue weighted by atomic mass is 10.0. The molecule has 0 N–H and O–H groups in total. The van der Waals surface area contributed by atoms with Gasteiger partial charge in [-0.05, 0) is 116 Å². The van der Waals surface area contributed by atoms with E-state index >= 15 is 0 Å². The Morgan fingerprint density at radius 3 is 0.844 bits per heavy atom. The first-order chi connectivity index (χ1) is 38.0. The van der Waals surface area contributed by atoms with Gasteiger partial charge in [0, 0.05) is 19.3 Å². The Bertz CT molecular complexity index is 1560. The number of unbranched alkanes of at least 4 members (excludes halogenated alkanes) is 29. The molecule has 440 valence electrons. The summed E-state index contributed by atoms with van der Waals surface area (Å²) < 4.78 is 16.9. The van der Waals surface area contributed by atoms with Gasteiger partial charge in [0.1, 0.15) is 13.2 Å². The lowest BCUT2D eigenvalue weighted by molar-refractivity contribution is -0.167. The Hall–Kier alpha value is -3.93. The third-order valence-corrected chi connectivity index (χ3v) is 13.7. The molecular weight excluding hydrogens is 949 g/mol. The van der Waals surface area contributed by atoms with Crippen LogP contribution in [0.4, 0.5) is 0 Å². The van der Waals surface area contributed by atoms with Crippen molar-refractivity contribution in [3.05, 3.63) is 109 Å². The van der Waals surface area contributed by atoms with Crippen molar-refractivity contribution in [2.45, 2.75) is 309 Å². The molecular formula is C71H120O6. The summed E-state index contributed by atoms with van der Waals surface area (Å²) in [6.45, 7) is 6.38. The predicted molar refractivity (Wildman–Crippen MR) is 334 cm³/mol. The molecule has 0 saturated heterocycles. The van der Waals surface area contributed by atoms with Gasteiger partial charge in [0.2, 0.25) is 0 Å². The molecule has 0 rings (SSSR count). The summed E-state index contributed by atoms with van der Waals surface area (Å²) in [5.74, 6) is -0.966. The Morgan fingerprint density at radius 1 is 0.273 bits per heavy atom. The highest BCUT2D eigenvalue weighted by Crippen LogP contribution is 2.16. The van der Waals surface area contributed by atoms with Crippen molar-refractivity contribution >= 4 is 17.9 Å². The Morgan fingerprint density at radius 2 is 0.519 bits per heavy atom. The highest BCUT2D eigenvalue weighted by Gasteiger charge is 2.19. The molecule has 0 saturated carbocycles. The van der Waals surface area contributed by atoms with Crippen LogP contribution in [0.5, 0.6) is 0 Å². The smallest absolute Gasteiger partial charge is 0.306 e. The van der Waals surface area contributed by atoms with Crippen LogP contribution >= 0.6 is 0 Å². The number of carbonyl (C=O) groups is 3. The van der Waals surface area contributed by atoms with Gasteiger partial charge in [-0.25, -0.2) is 0 Å². The van der Waals surface area contributed by atoms with Crippen molar-refractivity contribution in [1.29, 1.82) is 0 Å². The maximum atomic E-state index is 12.9. The second kappa shape index (κ2) is 64.6. The van der Waals surface area contributed by atoms with Crippen molar-refractivity contribution in [2.24, 2.45) is 0 Å². The zero-order valence-corrected chi connectivity index (χ0v) is 50.4. The van der Waals surface area contributed by atoms with E-state index in [2.05, 4.69) is 130 Å². The molecule has 0 aromatic carbocycles. The van der Waals surface area contributed by atoms with E-state index < -0.39 is 6.10 Å². The number of ether oxygens (including phenoxy) is 3. The molecule has 0 aliphatic carbocycles. The van der Waals surface area contributed by atoms with Crippen LogP contribution in [0.25, 0.3) is 0 Å². The van der Waals surface area contributed by atoms with E-state index in [9.17, 15) is 14.4 Å². The van der Waals surface area contributed by atoms with E-state index in [1.165, 1.54) is 154 Å². The zero-order chi connectivity index (χ0) is 55.7. The van der Waals surface area contributed by atoms with Gasteiger partial charge in [-0.2, -0.15) is 0 Å². The summed E-state index contributed by atoms with van der Waals surface area (Å²) in [4.78, 5) is 38.3. The minimum Gasteiger partial charge on any atom is -0.462 e. The quantitative estimate of drug-likeness (QED) is 0.0261. The van der Waals surface area contributed by atoms with E-state index in [0.29, 0.717) is 19.3 Å². The maximum absolute atomic E-state index is 12.9. The molecule has 0 spiro atoms. The first-order valence-electron chi connectivity index (χ1n) is 32.4. The van der Waals surface area contributed by atoms with E-state index in [4.69, 9.17) is 14.2 Å². The van der Waals surface area contributed by atoms with Crippen molar-refractivity contribution in [2.75, 3.05) is 13.2 Å². The van der Waals surface area contributed by atoms with Crippen LogP contribution in [-0.4, -0.2) is 37.2 Å². The average Bonchev–Trinajstić information content (AvgIpc) is 3.43. The van der Waals surface area contributed by atoms with Gasteiger partial charge in [0.15, 0.2) is 6.10 Å². The Kier molecular flexibility index (Phi) is 61.3. The number of rotatable bonds is 58. The lowest BCUT2D eigenvalue weighted by Crippen LogP contribution is -2.30. The van der Waals surface area contributed by atoms with Gasteiger partial charge >= 0.3 is 17.9 Å². The van der Waals surface area contributed by atoms with E-state index in [1.54, 1.807) is 0 Å². The summed E-state index contributed by atoms with van der Waals surface area (Å²) in [6.07, 6.45) is 88.2. The van der Waals surface area contributed by atoms with Gasteiger partial charge in [-0.1, -0.05) is 278 Å². The molecule has 0 fully saturated rings. The number of carbonyl (C=O) groups excluding carboxylic acids is 3. The molecule has 0 aliphatic heterocycles. The monoisotopic (exact) mass is 1070 g/mol. The molecule has 0 aromatic heterocycles. The second-order valence-electron chi connectivity index (χ2n) is 21.3. The van der Waals surface area contributed by atoms with Crippen LogP contribution in [0.1, 0.15) is 303 Å². The topological polar surface area (TPSA) is 78.9 Å². The number of hydrogen-bond acceptors (Lipinski definition) is 6. The molecule has 6 nitrogen and oxygen atoms in total. The second-order valence-corrected chi connectivity index (χ2v) is 21.3. The largest absolute Gasteiger partial charge is 0.462 e. The molecule has 1 atom stereocenters. The van der Waals surface area contributed by atoms with Gasteiger partial charge in [0.05, 0.1) is 0 Å². The fourth-order valence-electron chi connectivity index (χ4n) is 8.96. The number of esters is 3. The van der Waals surface area contributed by atoms with Crippen LogP contribution < -0.4 is 0 Å². The van der Waals surface area contributed by atoms with Crippen LogP contribution in [0, 0.1) is 0 Å².